The predicted molar refractivity (Wildman–Crippen MR) is 368 cm³/mol. The molecule has 0 N–H and O–H groups in total. The summed E-state index contributed by atoms with van der Waals surface area (Å²) in [5, 5.41) is 22.9. The first-order valence-corrected chi connectivity index (χ1v) is 30.4. The van der Waals surface area contributed by atoms with Gasteiger partial charge in [0.05, 0.1) is 72.6 Å². The van der Waals surface area contributed by atoms with E-state index < -0.39 is 0 Å². The van der Waals surface area contributed by atoms with Crippen LogP contribution in [0, 0.1) is 0 Å². The average Bonchev–Trinajstić information content (AvgIpc) is 1.53. The molecule has 0 atom stereocenters. The molecule has 9 nitrogen and oxygen atoms in total. The van der Waals surface area contributed by atoms with Gasteiger partial charge in [0.1, 0.15) is 5.65 Å². The number of fused-ring (bicyclic) bond motifs is 28. The smallest absolute Gasteiger partial charge is 0.236 e. The van der Waals surface area contributed by atoms with Crippen LogP contribution < -0.4 is 0 Å². The fourth-order valence-corrected chi connectivity index (χ4v) is 16.3. The summed E-state index contributed by atoms with van der Waals surface area (Å²) in [6.45, 7) is 0. The Labute approximate surface area is 503 Å². The molecule has 10 aromatic heterocycles. The number of hydrogen-bond donors (Lipinski definition) is 0. The fraction of sp³-hybridized carbons (Fsp3) is 0. The first-order valence-electron chi connectivity index (χ1n) is 30.4. The van der Waals surface area contributed by atoms with E-state index in [9.17, 15) is 0 Å². The zero-order valence-corrected chi connectivity index (χ0v) is 47.4. The molecule has 0 amide bonds. The Hall–Kier alpha value is -12.2. The van der Waals surface area contributed by atoms with Crippen molar-refractivity contribution in [1.82, 2.24) is 42.4 Å². The summed E-state index contributed by atoms with van der Waals surface area (Å²) in [6.07, 6.45) is 5.77. The molecule has 0 aliphatic heterocycles. The van der Waals surface area contributed by atoms with Gasteiger partial charge < -0.3 is 13.4 Å². The van der Waals surface area contributed by atoms with Crippen molar-refractivity contribution < 1.29 is 0 Å². The third-order valence-electron chi connectivity index (χ3n) is 19.8. The van der Waals surface area contributed by atoms with Crippen molar-refractivity contribution >= 4 is 174 Å². The maximum Gasteiger partial charge on any atom is 0.236 e. The lowest BCUT2D eigenvalue weighted by Gasteiger charge is -2.11. The molecule has 10 heterocycles. The fourth-order valence-electron chi connectivity index (χ4n) is 16.3. The molecule has 0 aliphatic rings. The molecule has 89 heavy (non-hydrogen) atoms. The van der Waals surface area contributed by atoms with Crippen molar-refractivity contribution in [3.8, 4) is 28.5 Å². The van der Waals surface area contributed by atoms with E-state index in [0.29, 0.717) is 11.6 Å². The van der Waals surface area contributed by atoms with Crippen molar-refractivity contribution in [3.05, 3.63) is 261 Å². The van der Waals surface area contributed by atoms with Gasteiger partial charge in [-0.15, -0.1) is 0 Å². The average molecular weight is 1130 g/mol. The number of nitrogens with zero attached hydrogens (tertiary/aromatic N) is 9. The molecule has 0 unspecified atom stereocenters. The van der Waals surface area contributed by atoms with E-state index in [2.05, 4.69) is 264 Å². The van der Waals surface area contributed by atoms with Gasteiger partial charge in [0, 0.05) is 98.9 Å². The molecule has 408 valence electrons. The summed E-state index contributed by atoms with van der Waals surface area (Å²) in [4.78, 5) is 20.2. The highest BCUT2D eigenvalue weighted by Crippen LogP contribution is 2.51. The molecule has 12 aromatic carbocycles. The highest BCUT2D eigenvalue weighted by Gasteiger charge is 2.29. The van der Waals surface area contributed by atoms with E-state index in [4.69, 9.17) is 15.0 Å². The Bertz CT molecular complexity index is 6910. The topological polar surface area (TPSA) is 75.2 Å². The zero-order chi connectivity index (χ0) is 57.5. The molecule has 9 heteroatoms. The van der Waals surface area contributed by atoms with Gasteiger partial charge in [-0.1, -0.05) is 152 Å². The highest BCUT2D eigenvalue weighted by molar-refractivity contribution is 6.41. The normalized spacial score (nSPS) is 12.7. The third-order valence-corrected chi connectivity index (χ3v) is 19.8. The minimum absolute atomic E-state index is 0.602. The van der Waals surface area contributed by atoms with Crippen LogP contribution in [-0.2, 0) is 0 Å². The lowest BCUT2D eigenvalue weighted by molar-refractivity contribution is 1.00. The minimum Gasteiger partial charge on any atom is -0.308 e. The largest absolute Gasteiger partial charge is 0.308 e. The van der Waals surface area contributed by atoms with Crippen LogP contribution in [0.15, 0.2) is 261 Å². The van der Waals surface area contributed by atoms with E-state index in [-0.39, 0.29) is 0 Å². The second-order valence-corrected chi connectivity index (χ2v) is 24.1. The lowest BCUT2D eigenvalue weighted by atomic mass is 9.96. The molecule has 0 bridgehead atoms. The van der Waals surface area contributed by atoms with Crippen LogP contribution in [0.3, 0.4) is 0 Å². The number of rotatable bonds is 4. The molecule has 22 rings (SSSR count). The second-order valence-electron chi connectivity index (χ2n) is 24.1. The van der Waals surface area contributed by atoms with E-state index >= 15 is 0 Å². The first kappa shape index (κ1) is 46.1. The van der Waals surface area contributed by atoms with Crippen LogP contribution in [0.25, 0.3) is 203 Å². The Morgan fingerprint density at radius 3 is 1.45 bits per heavy atom. The van der Waals surface area contributed by atoms with Crippen molar-refractivity contribution in [1.29, 1.82) is 0 Å². The number of pyridine rings is 2. The van der Waals surface area contributed by atoms with E-state index in [1.54, 1.807) is 6.20 Å². The number of hydrogen-bond acceptors (Lipinski definition) is 4. The van der Waals surface area contributed by atoms with Crippen LogP contribution >= 0.6 is 0 Å². The highest BCUT2D eigenvalue weighted by atomic mass is 15.2. The Morgan fingerprint density at radius 1 is 0.258 bits per heavy atom. The molecule has 0 saturated heterocycles. The summed E-state index contributed by atoms with van der Waals surface area (Å²) in [6, 6.07) is 89.3. The van der Waals surface area contributed by atoms with Gasteiger partial charge in [0.25, 0.3) is 0 Å². The van der Waals surface area contributed by atoms with Crippen molar-refractivity contribution in [3.63, 3.8) is 0 Å². The number of benzene rings is 12. The standard InChI is InChI=1S/C80H43N9/c1-2-16-51-45(14-1)30-35-66-70(51)74-72-56-20-6-11-25-64(56)85(68(72)40-58-53-17-3-9-23-62(53)87(66)76(58)74)50-39-60-55-19-5-8-22-61(55)86(79(60)82-43-50)49-32-27-44(28-33-49)46-29-34-52-47(38-46)31-36-67-71(52)75-73-57-21-7-12-26-65(57)89(80-83-42-48-15-13-37-81-78(48)84-80)69(73)41-59-54-18-4-10-24-63(54)88(67)77(59)75/h1-43H. The Kier molecular flexibility index (Phi) is 8.50. The summed E-state index contributed by atoms with van der Waals surface area (Å²) >= 11 is 0. The van der Waals surface area contributed by atoms with Crippen LogP contribution in [-0.4, -0.2) is 42.4 Å². The molecule has 0 fully saturated rings. The molecule has 0 saturated carbocycles. The Morgan fingerprint density at radius 2 is 0.775 bits per heavy atom. The quantitative estimate of drug-likeness (QED) is 0.176. The minimum atomic E-state index is 0.602. The van der Waals surface area contributed by atoms with Gasteiger partial charge in [-0.05, 0) is 124 Å². The summed E-state index contributed by atoms with van der Waals surface area (Å²) < 4.78 is 12.0. The summed E-state index contributed by atoms with van der Waals surface area (Å²) in [5.74, 6) is 0.602. The van der Waals surface area contributed by atoms with Gasteiger partial charge in [-0.3, -0.25) is 9.13 Å². The van der Waals surface area contributed by atoms with Gasteiger partial charge in [0.2, 0.25) is 5.95 Å². The SMILES string of the molecule is c1cnc2nc(-n3c4ccccc4c4c5c6c7ccc(-c8ccc(-n9c%10ccccc%10c%10cc(-n%11c%12ccccc%12c%12c%13c%14c%15ccccc%15ccc%14n%14c%15ccccc%15c(cc%12%11)c%13%14)cnc%109)cc8)cc7ccc6n6c7ccccc7c(cc43)c56)ncc2c1. The predicted octanol–water partition coefficient (Wildman–Crippen LogP) is 20.0. The molecular formula is C80H43N9. The van der Waals surface area contributed by atoms with Crippen LogP contribution in [0.2, 0.25) is 0 Å². The van der Waals surface area contributed by atoms with Crippen molar-refractivity contribution in [2.75, 3.05) is 0 Å². The van der Waals surface area contributed by atoms with Crippen LogP contribution in [0.5, 0.6) is 0 Å². The first-order chi connectivity index (χ1) is 44.2. The Balaban J connectivity index is 0.705. The monoisotopic (exact) mass is 1130 g/mol. The summed E-state index contributed by atoms with van der Waals surface area (Å²) in [5.41, 5.74) is 18.9. The summed E-state index contributed by atoms with van der Waals surface area (Å²) in [7, 11) is 0. The zero-order valence-electron chi connectivity index (χ0n) is 47.4. The van der Waals surface area contributed by atoms with Gasteiger partial charge in [-0.25, -0.2) is 15.0 Å². The van der Waals surface area contributed by atoms with Crippen LogP contribution in [0.4, 0.5) is 0 Å². The van der Waals surface area contributed by atoms with E-state index in [1.165, 1.54) is 119 Å². The van der Waals surface area contributed by atoms with Crippen molar-refractivity contribution in [2.45, 2.75) is 0 Å². The maximum atomic E-state index is 5.47. The molecule has 0 spiro atoms. The number of aromatic nitrogens is 9. The van der Waals surface area contributed by atoms with E-state index in [0.717, 1.165) is 71.8 Å². The second kappa shape index (κ2) is 16.4. The van der Waals surface area contributed by atoms with Gasteiger partial charge >= 0.3 is 0 Å². The molecule has 22 aromatic rings. The lowest BCUT2D eigenvalue weighted by Crippen LogP contribution is -2.01. The van der Waals surface area contributed by atoms with Gasteiger partial charge in [-0.2, -0.15) is 4.98 Å². The van der Waals surface area contributed by atoms with E-state index in [1.807, 2.05) is 18.3 Å². The number of para-hydroxylation sites is 5. The molecule has 0 aliphatic carbocycles. The molecular weight excluding hydrogens is 1090 g/mol. The maximum absolute atomic E-state index is 5.47. The van der Waals surface area contributed by atoms with Crippen molar-refractivity contribution in [2.24, 2.45) is 0 Å². The van der Waals surface area contributed by atoms with Crippen LogP contribution in [0.1, 0.15) is 0 Å². The third kappa shape index (κ3) is 5.76. The van der Waals surface area contributed by atoms with Gasteiger partial charge in [0.15, 0.2) is 5.65 Å². The molecule has 0 radical (unpaired) electrons.